The maximum absolute atomic E-state index is 12.6. The van der Waals surface area contributed by atoms with Crippen LogP contribution in [0.5, 0.6) is 0 Å². The molecule has 0 aliphatic heterocycles. The van der Waals surface area contributed by atoms with Crippen molar-refractivity contribution in [2.45, 2.75) is 6.54 Å². The predicted molar refractivity (Wildman–Crippen MR) is 50.0 cm³/mol. The van der Waals surface area contributed by atoms with E-state index in [0.29, 0.717) is 5.56 Å². The number of rotatable bonds is 2. The second-order valence-electron chi connectivity index (χ2n) is 2.50. The fraction of sp³-hybridized carbons (Fsp3) is 0.125. The van der Waals surface area contributed by atoms with Crippen molar-refractivity contribution in [1.29, 1.82) is 0 Å². The molecule has 0 fully saturated rings. The van der Waals surface area contributed by atoms with E-state index in [9.17, 15) is 8.78 Å². The summed E-state index contributed by atoms with van der Waals surface area (Å²) in [6.45, 7) is 0.226. The van der Waals surface area contributed by atoms with Gasteiger partial charge < -0.3 is 11.1 Å². The topological polar surface area (TPSA) is 38.0 Å². The van der Waals surface area contributed by atoms with Crippen molar-refractivity contribution in [3.8, 4) is 0 Å². The zero-order valence-electron chi connectivity index (χ0n) is 6.68. The molecule has 70 valence electrons. The molecule has 13 heavy (non-hydrogen) atoms. The van der Waals surface area contributed by atoms with E-state index in [0.717, 1.165) is 6.07 Å². The van der Waals surface area contributed by atoms with E-state index in [1.807, 2.05) is 0 Å². The Bertz CT molecular complexity index is 308. The van der Waals surface area contributed by atoms with E-state index in [4.69, 9.17) is 5.73 Å². The monoisotopic (exact) mass is 202 g/mol. The van der Waals surface area contributed by atoms with E-state index in [1.165, 1.54) is 12.1 Å². The molecule has 1 aromatic rings. The number of thiocarbonyl (C=S) groups is 1. The SMILES string of the molecule is NC(=S)NCc1cc(F)cc(F)c1. The molecule has 0 atom stereocenters. The standard InChI is InChI=1S/C8H8F2N2S/c9-6-1-5(2-7(10)3-6)4-12-8(11)13/h1-3H,4H2,(H3,11,12,13). The Labute approximate surface area is 79.7 Å². The van der Waals surface area contributed by atoms with Gasteiger partial charge in [-0.1, -0.05) is 0 Å². The van der Waals surface area contributed by atoms with Gasteiger partial charge in [-0.3, -0.25) is 0 Å². The number of halogens is 2. The first-order valence-electron chi connectivity index (χ1n) is 3.56. The first-order chi connectivity index (χ1) is 6.08. The summed E-state index contributed by atoms with van der Waals surface area (Å²) in [6, 6.07) is 3.24. The summed E-state index contributed by atoms with van der Waals surface area (Å²) in [7, 11) is 0. The summed E-state index contributed by atoms with van der Waals surface area (Å²) in [5, 5.41) is 2.69. The van der Waals surface area contributed by atoms with Crippen molar-refractivity contribution < 1.29 is 8.78 Å². The molecule has 1 rings (SSSR count). The fourth-order valence-corrected chi connectivity index (χ4v) is 0.974. The molecule has 0 aliphatic carbocycles. The smallest absolute Gasteiger partial charge is 0.163 e. The molecule has 1 aromatic carbocycles. The average molecular weight is 202 g/mol. The minimum Gasteiger partial charge on any atom is -0.376 e. The lowest BCUT2D eigenvalue weighted by Crippen LogP contribution is -2.28. The molecule has 2 nitrogen and oxygen atoms in total. The zero-order chi connectivity index (χ0) is 9.84. The van der Waals surface area contributed by atoms with Crippen LogP contribution in [0, 0.1) is 11.6 Å². The minimum atomic E-state index is -0.611. The van der Waals surface area contributed by atoms with Crippen LogP contribution >= 0.6 is 12.2 Å². The molecule has 0 saturated carbocycles. The van der Waals surface area contributed by atoms with Gasteiger partial charge in [0, 0.05) is 12.6 Å². The molecule has 0 amide bonds. The molecule has 0 unspecified atom stereocenters. The summed E-state index contributed by atoms with van der Waals surface area (Å²) in [5.41, 5.74) is 5.61. The van der Waals surface area contributed by atoms with Crippen LogP contribution in [0.25, 0.3) is 0 Å². The Hall–Kier alpha value is -1.23. The van der Waals surface area contributed by atoms with Gasteiger partial charge in [0.05, 0.1) is 0 Å². The first kappa shape index (κ1) is 9.85. The van der Waals surface area contributed by atoms with Crippen molar-refractivity contribution >= 4 is 17.3 Å². The Morgan fingerprint density at radius 1 is 1.31 bits per heavy atom. The van der Waals surface area contributed by atoms with Crippen LogP contribution in [-0.4, -0.2) is 5.11 Å². The van der Waals surface area contributed by atoms with Crippen LogP contribution in [0.2, 0.25) is 0 Å². The molecule has 0 bridgehead atoms. The van der Waals surface area contributed by atoms with Crippen LogP contribution in [0.1, 0.15) is 5.56 Å². The van der Waals surface area contributed by atoms with Gasteiger partial charge in [0.15, 0.2) is 5.11 Å². The summed E-state index contributed by atoms with van der Waals surface area (Å²) in [5.74, 6) is -1.22. The largest absolute Gasteiger partial charge is 0.376 e. The van der Waals surface area contributed by atoms with E-state index in [1.54, 1.807) is 0 Å². The van der Waals surface area contributed by atoms with Crippen molar-refractivity contribution in [2.75, 3.05) is 0 Å². The summed E-state index contributed by atoms with van der Waals surface area (Å²) >= 11 is 4.54. The zero-order valence-corrected chi connectivity index (χ0v) is 7.50. The summed E-state index contributed by atoms with van der Waals surface area (Å²) < 4.78 is 25.2. The number of hydrogen-bond donors (Lipinski definition) is 2. The summed E-state index contributed by atoms with van der Waals surface area (Å²) in [6.07, 6.45) is 0. The maximum atomic E-state index is 12.6. The van der Waals surface area contributed by atoms with Gasteiger partial charge in [0.25, 0.3) is 0 Å². The second-order valence-corrected chi connectivity index (χ2v) is 2.94. The molecule has 3 N–H and O–H groups in total. The second kappa shape index (κ2) is 4.13. The molecule has 0 spiro atoms. The molecule has 0 heterocycles. The highest BCUT2D eigenvalue weighted by Gasteiger charge is 1.99. The highest BCUT2D eigenvalue weighted by molar-refractivity contribution is 7.80. The maximum Gasteiger partial charge on any atom is 0.163 e. The number of nitrogens with one attached hydrogen (secondary N) is 1. The number of hydrogen-bond acceptors (Lipinski definition) is 1. The number of benzene rings is 1. The molecule has 0 radical (unpaired) electrons. The molecule has 0 saturated heterocycles. The van der Waals surface area contributed by atoms with Gasteiger partial charge in [-0.25, -0.2) is 8.78 Å². The average Bonchev–Trinajstić information content (AvgIpc) is 1.99. The predicted octanol–water partition coefficient (Wildman–Crippen LogP) is 1.30. The normalized spacial score (nSPS) is 9.69. The third kappa shape index (κ3) is 3.33. The lowest BCUT2D eigenvalue weighted by atomic mass is 10.2. The molecular weight excluding hydrogens is 194 g/mol. The molecule has 0 aromatic heterocycles. The highest BCUT2D eigenvalue weighted by atomic mass is 32.1. The van der Waals surface area contributed by atoms with Crippen molar-refractivity contribution in [3.63, 3.8) is 0 Å². The van der Waals surface area contributed by atoms with Crippen LogP contribution in [0.3, 0.4) is 0 Å². The third-order valence-corrected chi connectivity index (χ3v) is 1.53. The van der Waals surface area contributed by atoms with Crippen molar-refractivity contribution in [1.82, 2.24) is 5.32 Å². The lowest BCUT2D eigenvalue weighted by Gasteiger charge is -2.03. The van der Waals surface area contributed by atoms with Gasteiger partial charge in [-0.05, 0) is 29.9 Å². The Morgan fingerprint density at radius 2 is 1.85 bits per heavy atom. The van der Waals surface area contributed by atoms with Gasteiger partial charge in [0.1, 0.15) is 11.6 Å². The quantitative estimate of drug-likeness (QED) is 0.710. The highest BCUT2D eigenvalue weighted by Crippen LogP contribution is 2.07. The molecule has 5 heteroatoms. The van der Waals surface area contributed by atoms with Gasteiger partial charge in [-0.15, -0.1) is 0 Å². The number of nitrogens with two attached hydrogens (primary N) is 1. The fourth-order valence-electron chi connectivity index (χ4n) is 0.902. The Morgan fingerprint density at radius 3 is 2.31 bits per heavy atom. The van der Waals surface area contributed by atoms with E-state index < -0.39 is 11.6 Å². The minimum absolute atomic E-state index is 0.102. The van der Waals surface area contributed by atoms with Gasteiger partial charge >= 0.3 is 0 Å². The Kier molecular flexibility index (Phi) is 3.13. The Balaban J connectivity index is 2.71. The third-order valence-electron chi connectivity index (χ3n) is 1.39. The summed E-state index contributed by atoms with van der Waals surface area (Å²) in [4.78, 5) is 0. The van der Waals surface area contributed by atoms with Crippen LogP contribution < -0.4 is 11.1 Å². The van der Waals surface area contributed by atoms with Crippen LogP contribution in [0.15, 0.2) is 18.2 Å². The molecule has 0 aliphatic rings. The van der Waals surface area contributed by atoms with E-state index in [-0.39, 0.29) is 11.7 Å². The van der Waals surface area contributed by atoms with Crippen molar-refractivity contribution in [2.24, 2.45) is 5.73 Å². The van der Waals surface area contributed by atoms with Gasteiger partial charge in [-0.2, -0.15) is 0 Å². The van der Waals surface area contributed by atoms with Crippen LogP contribution in [-0.2, 0) is 6.54 Å². The first-order valence-corrected chi connectivity index (χ1v) is 3.97. The van der Waals surface area contributed by atoms with Gasteiger partial charge in [0.2, 0.25) is 0 Å². The lowest BCUT2D eigenvalue weighted by molar-refractivity contribution is 0.579. The molecular formula is C8H8F2N2S. The van der Waals surface area contributed by atoms with Crippen molar-refractivity contribution in [3.05, 3.63) is 35.4 Å². The van der Waals surface area contributed by atoms with Crippen LogP contribution in [0.4, 0.5) is 8.78 Å². The van der Waals surface area contributed by atoms with E-state index in [2.05, 4.69) is 17.5 Å². The van der Waals surface area contributed by atoms with E-state index >= 15 is 0 Å².